The summed E-state index contributed by atoms with van der Waals surface area (Å²) in [6, 6.07) is 5.96. The second-order valence-electron chi connectivity index (χ2n) is 4.12. The number of oxime groups is 1. The number of hydrogen-bond donors (Lipinski definition) is 2. The fourth-order valence-corrected chi connectivity index (χ4v) is 1.69. The summed E-state index contributed by atoms with van der Waals surface area (Å²) < 4.78 is 13.0. The van der Waals surface area contributed by atoms with Gasteiger partial charge >= 0.3 is 0 Å². The van der Waals surface area contributed by atoms with Crippen LogP contribution in [0.3, 0.4) is 0 Å². The summed E-state index contributed by atoms with van der Waals surface area (Å²) in [6.45, 7) is 2.74. The van der Waals surface area contributed by atoms with E-state index in [-0.39, 0.29) is 24.0 Å². The molecule has 5 nitrogen and oxygen atoms in total. The molecule has 0 heterocycles. The molecular formula is C13H18FN3O2. The molecule has 0 bridgehead atoms. The number of likely N-dealkylation sites (N-methyl/N-ethyl adjacent to an activating group) is 1. The summed E-state index contributed by atoms with van der Waals surface area (Å²) in [5, 5.41) is 11.3. The predicted octanol–water partition coefficient (Wildman–Crippen LogP) is 1.35. The summed E-state index contributed by atoms with van der Waals surface area (Å²) in [4.78, 5) is 13.6. The third-order valence-corrected chi connectivity index (χ3v) is 2.75. The van der Waals surface area contributed by atoms with Gasteiger partial charge in [0.15, 0.2) is 0 Å². The minimum Gasteiger partial charge on any atom is -0.409 e. The Kier molecular flexibility index (Phi) is 5.78. The van der Waals surface area contributed by atoms with Crippen molar-refractivity contribution < 1.29 is 14.4 Å². The lowest BCUT2D eigenvalue weighted by atomic mass is 10.1. The quantitative estimate of drug-likeness (QED) is 0.353. The van der Waals surface area contributed by atoms with Crippen LogP contribution in [0.25, 0.3) is 0 Å². The fourth-order valence-electron chi connectivity index (χ4n) is 1.69. The highest BCUT2D eigenvalue weighted by atomic mass is 19.1. The third kappa shape index (κ3) is 4.95. The molecule has 3 N–H and O–H groups in total. The monoisotopic (exact) mass is 267 g/mol. The number of hydrogen-bond acceptors (Lipinski definition) is 3. The van der Waals surface area contributed by atoms with Crippen LogP contribution < -0.4 is 5.73 Å². The van der Waals surface area contributed by atoms with Gasteiger partial charge in [-0.1, -0.05) is 17.3 Å². The Morgan fingerprint density at radius 3 is 2.84 bits per heavy atom. The molecule has 0 atom stereocenters. The number of halogens is 1. The molecule has 1 aromatic rings. The molecule has 0 unspecified atom stereocenters. The number of rotatable bonds is 6. The van der Waals surface area contributed by atoms with Crippen LogP contribution >= 0.6 is 0 Å². The Balaban J connectivity index is 2.59. The number of carbonyl (C=O) groups excluding carboxylic acids is 1. The zero-order valence-corrected chi connectivity index (χ0v) is 10.8. The normalized spacial score (nSPS) is 11.4. The number of amidine groups is 1. The van der Waals surface area contributed by atoms with E-state index in [0.29, 0.717) is 25.1 Å². The van der Waals surface area contributed by atoms with Crippen molar-refractivity contribution in [2.24, 2.45) is 10.9 Å². The van der Waals surface area contributed by atoms with Crippen molar-refractivity contribution in [1.29, 1.82) is 0 Å². The lowest BCUT2D eigenvalue weighted by molar-refractivity contribution is -0.130. The SMILES string of the molecule is CCN(CCC(N)=NO)C(=O)Cc1cccc(F)c1. The molecule has 6 heteroatoms. The number of nitrogens with zero attached hydrogens (tertiary/aromatic N) is 2. The highest BCUT2D eigenvalue weighted by Gasteiger charge is 2.13. The van der Waals surface area contributed by atoms with Crippen molar-refractivity contribution in [2.75, 3.05) is 13.1 Å². The Labute approximate surface area is 111 Å². The second-order valence-corrected chi connectivity index (χ2v) is 4.12. The summed E-state index contributed by atoms with van der Waals surface area (Å²) >= 11 is 0. The molecule has 104 valence electrons. The van der Waals surface area contributed by atoms with Crippen molar-refractivity contribution in [3.63, 3.8) is 0 Å². The molecule has 0 aromatic heterocycles. The predicted molar refractivity (Wildman–Crippen MR) is 70.4 cm³/mol. The molecule has 0 saturated heterocycles. The first-order valence-electron chi connectivity index (χ1n) is 6.05. The number of amides is 1. The topological polar surface area (TPSA) is 78.9 Å². The molecule has 19 heavy (non-hydrogen) atoms. The molecule has 1 aromatic carbocycles. The Morgan fingerprint density at radius 2 is 2.26 bits per heavy atom. The smallest absolute Gasteiger partial charge is 0.226 e. The van der Waals surface area contributed by atoms with Crippen molar-refractivity contribution in [1.82, 2.24) is 4.90 Å². The van der Waals surface area contributed by atoms with Crippen LogP contribution in [0.5, 0.6) is 0 Å². The van der Waals surface area contributed by atoms with Crippen LogP contribution in [0.15, 0.2) is 29.4 Å². The Bertz CT molecular complexity index is 463. The molecule has 0 spiro atoms. The fraction of sp³-hybridized carbons (Fsp3) is 0.385. The molecule has 0 saturated carbocycles. The molecule has 0 aliphatic carbocycles. The summed E-state index contributed by atoms with van der Waals surface area (Å²) in [5.74, 6) is -0.388. The molecule has 0 aliphatic heterocycles. The first-order valence-corrected chi connectivity index (χ1v) is 6.05. The van der Waals surface area contributed by atoms with Gasteiger partial charge in [-0.3, -0.25) is 4.79 Å². The van der Waals surface area contributed by atoms with Crippen LogP contribution in [0, 0.1) is 5.82 Å². The van der Waals surface area contributed by atoms with Crippen molar-refractivity contribution >= 4 is 11.7 Å². The van der Waals surface area contributed by atoms with E-state index < -0.39 is 0 Å². The minimum absolute atomic E-state index is 0.0806. The third-order valence-electron chi connectivity index (χ3n) is 2.75. The Morgan fingerprint density at radius 1 is 1.53 bits per heavy atom. The van der Waals surface area contributed by atoms with Gasteiger partial charge in [0.1, 0.15) is 11.7 Å². The van der Waals surface area contributed by atoms with Crippen LogP contribution in [0.2, 0.25) is 0 Å². The van der Waals surface area contributed by atoms with Gasteiger partial charge in [0.2, 0.25) is 5.91 Å². The zero-order chi connectivity index (χ0) is 14.3. The average Bonchev–Trinajstić information content (AvgIpc) is 2.39. The molecule has 1 amide bonds. The van der Waals surface area contributed by atoms with E-state index in [4.69, 9.17) is 10.9 Å². The van der Waals surface area contributed by atoms with Crippen LogP contribution in [-0.4, -0.2) is 34.9 Å². The van der Waals surface area contributed by atoms with E-state index in [0.717, 1.165) is 0 Å². The highest BCUT2D eigenvalue weighted by Crippen LogP contribution is 2.06. The maximum Gasteiger partial charge on any atom is 0.226 e. The lowest BCUT2D eigenvalue weighted by Gasteiger charge is -2.20. The molecule has 0 fully saturated rings. The molecule has 0 radical (unpaired) electrons. The largest absolute Gasteiger partial charge is 0.409 e. The van der Waals surface area contributed by atoms with E-state index in [1.807, 2.05) is 6.92 Å². The zero-order valence-electron chi connectivity index (χ0n) is 10.8. The Hall–Kier alpha value is -2.11. The van der Waals surface area contributed by atoms with Gasteiger partial charge in [-0.2, -0.15) is 0 Å². The van der Waals surface area contributed by atoms with Crippen molar-refractivity contribution in [2.45, 2.75) is 19.8 Å². The number of carbonyl (C=O) groups is 1. The van der Waals surface area contributed by atoms with Gasteiger partial charge in [-0.05, 0) is 24.6 Å². The molecule has 0 aliphatic rings. The first-order chi connectivity index (χ1) is 9.06. The standard InChI is InChI=1S/C13H18FN3O2/c1-2-17(7-6-12(15)16-19)13(18)9-10-4-3-5-11(14)8-10/h3-5,8,19H,2,6-7,9H2,1H3,(H2,15,16). The van der Waals surface area contributed by atoms with Gasteiger partial charge in [-0.15, -0.1) is 0 Å². The van der Waals surface area contributed by atoms with Crippen LogP contribution in [0.4, 0.5) is 4.39 Å². The van der Waals surface area contributed by atoms with Gasteiger partial charge < -0.3 is 15.8 Å². The summed E-state index contributed by atoms with van der Waals surface area (Å²) in [6.07, 6.45) is 0.445. The number of nitrogens with two attached hydrogens (primary N) is 1. The van der Waals surface area contributed by atoms with Crippen LogP contribution in [-0.2, 0) is 11.2 Å². The maximum atomic E-state index is 13.0. The van der Waals surface area contributed by atoms with E-state index in [9.17, 15) is 9.18 Å². The van der Waals surface area contributed by atoms with E-state index >= 15 is 0 Å². The average molecular weight is 267 g/mol. The van der Waals surface area contributed by atoms with Crippen molar-refractivity contribution in [3.05, 3.63) is 35.6 Å². The maximum absolute atomic E-state index is 13.0. The van der Waals surface area contributed by atoms with Gasteiger partial charge in [-0.25, -0.2) is 4.39 Å². The van der Waals surface area contributed by atoms with Gasteiger partial charge in [0, 0.05) is 19.5 Å². The van der Waals surface area contributed by atoms with E-state index in [2.05, 4.69) is 5.16 Å². The van der Waals surface area contributed by atoms with Gasteiger partial charge in [0.05, 0.1) is 6.42 Å². The summed E-state index contributed by atoms with van der Waals surface area (Å²) in [5.41, 5.74) is 5.99. The van der Waals surface area contributed by atoms with E-state index in [1.54, 1.807) is 17.0 Å². The second kappa shape index (κ2) is 7.35. The van der Waals surface area contributed by atoms with E-state index in [1.165, 1.54) is 12.1 Å². The van der Waals surface area contributed by atoms with Gasteiger partial charge in [0.25, 0.3) is 0 Å². The highest BCUT2D eigenvalue weighted by molar-refractivity contribution is 5.82. The summed E-state index contributed by atoms with van der Waals surface area (Å²) in [7, 11) is 0. The van der Waals surface area contributed by atoms with Crippen molar-refractivity contribution in [3.8, 4) is 0 Å². The first kappa shape index (κ1) is 14.9. The number of benzene rings is 1. The molecule has 1 rings (SSSR count). The minimum atomic E-state index is -0.356. The molecular weight excluding hydrogens is 249 g/mol. The van der Waals surface area contributed by atoms with Crippen LogP contribution in [0.1, 0.15) is 18.9 Å². The lowest BCUT2D eigenvalue weighted by Crippen LogP contribution is -2.35.